The van der Waals surface area contributed by atoms with Crippen LogP contribution in [0.25, 0.3) is 0 Å². The van der Waals surface area contributed by atoms with Gasteiger partial charge in [0.1, 0.15) is 0 Å². The van der Waals surface area contributed by atoms with Gasteiger partial charge in [-0.2, -0.15) is 0 Å². The summed E-state index contributed by atoms with van der Waals surface area (Å²) in [7, 11) is 4.35. The van der Waals surface area contributed by atoms with Crippen molar-refractivity contribution >= 4 is 33.5 Å². The molecule has 0 bridgehead atoms. The number of ether oxygens (including phenoxy) is 4. The zero-order valence-electron chi connectivity index (χ0n) is 16.1. The molecule has 2 rings (SSSR count). The molecular weight excluding hydrogens is 430 g/mol. The fourth-order valence-corrected chi connectivity index (χ4v) is 3.23. The number of para-hydroxylation sites is 1. The maximum atomic E-state index is 12.5. The Balaban J connectivity index is 2.13. The number of methoxy groups -OCH3 is 3. The number of hydrogen-bond acceptors (Lipinski definition) is 6. The first-order valence-corrected chi connectivity index (χ1v) is 9.29. The van der Waals surface area contributed by atoms with Crippen LogP contribution in [-0.4, -0.2) is 39.8 Å². The van der Waals surface area contributed by atoms with Crippen molar-refractivity contribution in [2.45, 2.75) is 13.3 Å². The summed E-state index contributed by atoms with van der Waals surface area (Å²) in [4.78, 5) is 24.7. The molecule has 2 aromatic carbocycles. The molecule has 0 radical (unpaired) electrons. The van der Waals surface area contributed by atoms with Gasteiger partial charge in [-0.1, -0.05) is 25.1 Å². The predicted octanol–water partition coefficient (Wildman–Crippen LogP) is 3.83. The fourth-order valence-electron chi connectivity index (χ4n) is 2.62. The number of hydrogen-bond donors (Lipinski definition) is 1. The van der Waals surface area contributed by atoms with E-state index < -0.39 is 18.5 Å². The average molecular weight is 452 g/mol. The van der Waals surface area contributed by atoms with Crippen LogP contribution in [0.4, 0.5) is 5.69 Å². The fraction of sp³-hybridized carbons (Fsp3) is 0.300. The lowest BCUT2D eigenvalue weighted by Gasteiger charge is -2.16. The van der Waals surface area contributed by atoms with Gasteiger partial charge in [0.2, 0.25) is 5.75 Å². The Morgan fingerprint density at radius 3 is 2.32 bits per heavy atom. The number of nitrogens with one attached hydrogen (secondary N) is 1. The lowest BCUT2D eigenvalue weighted by atomic mass is 10.1. The zero-order valence-corrected chi connectivity index (χ0v) is 17.7. The van der Waals surface area contributed by atoms with Crippen molar-refractivity contribution in [3.8, 4) is 17.2 Å². The Morgan fingerprint density at radius 2 is 1.71 bits per heavy atom. The molecule has 0 fully saturated rings. The van der Waals surface area contributed by atoms with E-state index in [-0.39, 0.29) is 11.3 Å². The van der Waals surface area contributed by atoms with Crippen molar-refractivity contribution < 1.29 is 28.5 Å². The number of benzene rings is 2. The third kappa shape index (κ3) is 4.75. The maximum absolute atomic E-state index is 12.5. The maximum Gasteiger partial charge on any atom is 0.340 e. The molecule has 150 valence electrons. The van der Waals surface area contributed by atoms with Crippen LogP contribution in [0.2, 0.25) is 0 Å². The molecular formula is C20H22BrNO6. The van der Waals surface area contributed by atoms with Crippen LogP contribution in [-0.2, 0) is 16.0 Å². The molecule has 1 N–H and O–H groups in total. The number of aryl methyl sites for hydroxylation is 1. The van der Waals surface area contributed by atoms with Gasteiger partial charge in [-0.25, -0.2) is 4.79 Å². The Hall–Kier alpha value is -2.74. The molecule has 0 saturated carbocycles. The van der Waals surface area contributed by atoms with E-state index in [1.54, 1.807) is 6.07 Å². The minimum atomic E-state index is -0.704. The number of rotatable bonds is 8. The Bertz CT molecular complexity index is 868. The lowest BCUT2D eigenvalue weighted by Crippen LogP contribution is -2.21. The van der Waals surface area contributed by atoms with Gasteiger partial charge in [0.25, 0.3) is 5.91 Å². The summed E-state index contributed by atoms with van der Waals surface area (Å²) >= 11 is 3.31. The summed E-state index contributed by atoms with van der Waals surface area (Å²) in [5.41, 5.74) is 1.84. The molecule has 1 amide bonds. The molecule has 0 unspecified atom stereocenters. The Morgan fingerprint density at radius 1 is 1.04 bits per heavy atom. The predicted molar refractivity (Wildman–Crippen MR) is 109 cm³/mol. The van der Waals surface area contributed by atoms with Crippen LogP contribution in [0.3, 0.4) is 0 Å². The second-order valence-electron chi connectivity index (χ2n) is 5.64. The van der Waals surface area contributed by atoms with Crippen LogP contribution in [0.15, 0.2) is 34.8 Å². The smallest absolute Gasteiger partial charge is 0.340 e. The van der Waals surface area contributed by atoms with E-state index in [2.05, 4.69) is 21.2 Å². The highest BCUT2D eigenvalue weighted by Crippen LogP contribution is 2.44. The zero-order chi connectivity index (χ0) is 20.7. The van der Waals surface area contributed by atoms with Gasteiger partial charge in [0, 0.05) is 5.69 Å². The van der Waals surface area contributed by atoms with Gasteiger partial charge in [-0.3, -0.25) is 4.79 Å². The minimum absolute atomic E-state index is 0.149. The van der Waals surface area contributed by atoms with Crippen LogP contribution in [0.1, 0.15) is 22.8 Å². The van der Waals surface area contributed by atoms with Crippen LogP contribution in [0, 0.1) is 0 Å². The summed E-state index contributed by atoms with van der Waals surface area (Å²) in [6.45, 7) is 1.56. The summed E-state index contributed by atoms with van der Waals surface area (Å²) < 4.78 is 21.3. The molecule has 28 heavy (non-hydrogen) atoms. The standard InChI is InChI=1S/C20H22BrNO6/c1-5-12-8-6-7-9-14(12)22-16(23)11-28-20(24)13-10-15(25-2)18(26-3)19(27-4)17(13)21/h6-10H,5,11H2,1-4H3,(H,22,23). The molecule has 0 heterocycles. The highest BCUT2D eigenvalue weighted by Gasteiger charge is 2.24. The molecule has 8 heteroatoms. The third-order valence-electron chi connectivity index (χ3n) is 4.00. The summed E-state index contributed by atoms with van der Waals surface area (Å²) in [5, 5.41) is 2.75. The first kappa shape index (κ1) is 21.6. The third-order valence-corrected chi connectivity index (χ3v) is 4.78. The molecule has 0 aliphatic rings. The van der Waals surface area contributed by atoms with Crippen molar-refractivity contribution in [1.82, 2.24) is 0 Å². The Labute approximate surface area is 172 Å². The van der Waals surface area contributed by atoms with Gasteiger partial charge >= 0.3 is 5.97 Å². The number of halogens is 1. The Kier molecular flexibility index (Phi) is 7.69. The largest absolute Gasteiger partial charge is 0.493 e. The summed E-state index contributed by atoms with van der Waals surface area (Å²) in [5.74, 6) is -0.212. The highest BCUT2D eigenvalue weighted by molar-refractivity contribution is 9.10. The van der Waals surface area contributed by atoms with Gasteiger partial charge in [0.15, 0.2) is 18.1 Å². The van der Waals surface area contributed by atoms with Crippen molar-refractivity contribution in [2.24, 2.45) is 0 Å². The first-order valence-electron chi connectivity index (χ1n) is 8.50. The van der Waals surface area contributed by atoms with Gasteiger partial charge in [-0.15, -0.1) is 0 Å². The van der Waals surface area contributed by atoms with Crippen molar-refractivity contribution in [1.29, 1.82) is 0 Å². The monoisotopic (exact) mass is 451 g/mol. The van der Waals surface area contributed by atoms with E-state index in [1.807, 2.05) is 25.1 Å². The number of esters is 1. The van der Waals surface area contributed by atoms with Crippen molar-refractivity contribution in [3.63, 3.8) is 0 Å². The molecule has 7 nitrogen and oxygen atoms in total. The number of anilines is 1. The molecule has 0 saturated heterocycles. The summed E-state index contributed by atoms with van der Waals surface area (Å²) in [6.07, 6.45) is 0.772. The van der Waals surface area contributed by atoms with E-state index in [0.717, 1.165) is 12.0 Å². The van der Waals surface area contributed by atoms with Crippen molar-refractivity contribution in [2.75, 3.05) is 33.3 Å². The lowest BCUT2D eigenvalue weighted by molar-refractivity contribution is -0.119. The van der Waals surface area contributed by atoms with E-state index in [0.29, 0.717) is 21.7 Å². The normalized spacial score (nSPS) is 10.2. The number of amides is 1. The average Bonchev–Trinajstić information content (AvgIpc) is 2.71. The molecule has 0 atom stereocenters. The molecule has 2 aromatic rings. The van der Waals surface area contributed by atoms with Crippen LogP contribution in [0.5, 0.6) is 17.2 Å². The minimum Gasteiger partial charge on any atom is -0.493 e. The first-order chi connectivity index (χ1) is 13.5. The SMILES string of the molecule is CCc1ccccc1NC(=O)COC(=O)c1cc(OC)c(OC)c(OC)c1Br. The van der Waals surface area contributed by atoms with Gasteiger partial charge < -0.3 is 24.3 Å². The topological polar surface area (TPSA) is 83.1 Å². The molecule has 0 aliphatic heterocycles. The number of carbonyl (C=O) groups is 2. The summed E-state index contributed by atoms with van der Waals surface area (Å²) in [6, 6.07) is 8.91. The molecule has 0 spiro atoms. The number of carbonyl (C=O) groups excluding carboxylic acids is 2. The van der Waals surface area contributed by atoms with Crippen LogP contribution < -0.4 is 19.5 Å². The second-order valence-corrected chi connectivity index (χ2v) is 6.43. The van der Waals surface area contributed by atoms with E-state index in [9.17, 15) is 9.59 Å². The van der Waals surface area contributed by atoms with Gasteiger partial charge in [0.05, 0.1) is 31.4 Å². The van der Waals surface area contributed by atoms with Crippen LogP contribution >= 0.6 is 15.9 Å². The quantitative estimate of drug-likeness (QED) is 0.613. The van der Waals surface area contributed by atoms with Crippen molar-refractivity contribution in [3.05, 3.63) is 45.9 Å². The van der Waals surface area contributed by atoms with E-state index in [4.69, 9.17) is 18.9 Å². The molecule has 0 aromatic heterocycles. The second kappa shape index (κ2) is 9.98. The highest BCUT2D eigenvalue weighted by atomic mass is 79.9. The molecule has 0 aliphatic carbocycles. The van der Waals surface area contributed by atoms with Gasteiger partial charge in [-0.05, 0) is 40.0 Å². The van der Waals surface area contributed by atoms with E-state index >= 15 is 0 Å². The van der Waals surface area contributed by atoms with E-state index in [1.165, 1.54) is 27.4 Å².